The van der Waals surface area contributed by atoms with E-state index in [2.05, 4.69) is 11.8 Å². The van der Waals surface area contributed by atoms with Crippen LogP contribution in [0, 0.1) is 11.3 Å². The number of nitrogens with zero attached hydrogens (tertiary/aromatic N) is 1. The minimum atomic E-state index is -5.08. The Balaban J connectivity index is 0.000000345. The van der Waals surface area contributed by atoms with Gasteiger partial charge in [-0.25, -0.2) is 4.79 Å². The van der Waals surface area contributed by atoms with Crippen LogP contribution in [0.15, 0.2) is 0 Å². The molecule has 0 amide bonds. The molecule has 1 N–H and O–H groups in total. The van der Waals surface area contributed by atoms with Crippen LogP contribution in [0.4, 0.5) is 13.2 Å². The van der Waals surface area contributed by atoms with Gasteiger partial charge in [0.15, 0.2) is 0 Å². The molecule has 9 heteroatoms. The van der Waals surface area contributed by atoms with Gasteiger partial charge in [0.2, 0.25) is 0 Å². The van der Waals surface area contributed by atoms with Gasteiger partial charge in [0.05, 0.1) is 12.7 Å². The zero-order chi connectivity index (χ0) is 20.6. The first-order valence-corrected chi connectivity index (χ1v) is 10.1. The number of halogens is 3. The minimum absolute atomic E-state index is 0.248. The molecule has 3 saturated heterocycles. The smallest absolute Gasteiger partial charge is 0.475 e. The SMILES string of the molecule is CCOCC12CCCOC1CCN(CC1CCOCC1)C2.O=C(O)C(F)(F)F. The molecule has 0 aromatic heterocycles. The third-order valence-corrected chi connectivity index (χ3v) is 5.76. The Kier molecular flexibility index (Phi) is 8.98. The topological polar surface area (TPSA) is 68.2 Å². The van der Waals surface area contributed by atoms with Crippen LogP contribution >= 0.6 is 0 Å². The summed E-state index contributed by atoms with van der Waals surface area (Å²) in [5.41, 5.74) is 0.248. The lowest BCUT2D eigenvalue weighted by Crippen LogP contribution is -2.57. The molecule has 0 spiro atoms. The molecule has 0 aromatic carbocycles. The third-order valence-electron chi connectivity index (χ3n) is 5.76. The normalized spacial score (nSPS) is 29.5. The van der Waals surface area contributed by atoms with Gasteiger partial charge in [0, 0.05) is 51.5 Å². The van der Waals surface area contributed by atoms with Gasteiger partial charge in [-0.05, 0) is 44.9 Å². The number of fused-ring (bicyclic) bond motifs is 1. The van der Waals surface area contributed by atoms with Crippen LogP contribution < -0.4 is 0 Å². The van der Waals surface area contributed by atoms with Gasteiger partial charge in [-0.15, -0.1) is 0 Å². The fraction of sp³-hybridized carbons (Fsp3) is 0.947. The van der Waals surface area contributed by atoms with Crippen molar-refractivity contribution in [1.82, 2.24) is 4.90 Å². The van der Waals surface area contributed by atoms with Gasteiger partial charge in [-0.2, -0.15) is 13.2 Å². The summed E-state index contributed by atoms with van der Waals surface area (Å²) in [7, 11) is 0. The first-order chi connectivity index (χ1) is 13.3. The fourth-order valence-corrected chi connectivity index (χ4v) is 4.35. The summed E-state index contributed by atoms with van der Waals surface area (Å²) < 4.78 is 49.2. The number of hydrogen-bond acceptors (Lipinski definition) is 5. The quantitative estimate of drug-likeness (QED) is 0.750. The van der Waals surface area contributed by atoms with Crippen LogP contribution in [-0.4, -0.2) is 80.9 Å². The third kappa shape index (κ3) is 6.86. The van der Waals surface area contributed by atoms with Crippen LogP contribution in [0.2, 0.25) is 0 Å². The molecular formula is C19H32F3NO5. The van der Waals surface area contributed by atoms with Gasteiger partial charge in [0.25, 0.3) is 0 Å². The van der Waals surface area contributed by atoms with E-state index >= 15 is 0 Å². The summed E-state index contributed by atoms with van der Waals surface area (Å²) in [5.74, 6) is -1.93. The lowest BCUT2D eigenvalue weighted by atomic mass is 9.72. The van der Waals surface area contributed by atoms with Crippen molar-refractivity contribution in [1.29, 1.82) is 0 Å². The summed E-state index contributed by atoms with van der Waals surface area (Å²) in [6.07, 6.45) is 1.43. The molecule has 3 heterocycles. The second-order valence-electron chi connectivity index (χ2n) is 7.84. The highest BCUT2D eigenvalue weighted by molar-refractivity contribution is 5.73. The Morgan fingerprint density at radius 2 is 1.93 bits per heavy atom. The average molecular weight is 411 g/mol. The Hall–Kier alpha value is -0.900. The van der Waals surface area contributed by atoms with E-state index in [-0.39, 0.29) is 5.41 Å². The number of carbonyl (C=O) groups is 1. The van der Waals surface area contributed by atoms with Crippen LogP contribution in [0.25, 0.3) is 0 Å². The van der Waals surface area contributed by atoms with E-state index in [4.69, 9.17) is 24.1 Å². The fourth-order valence-electron chi connectivity index (χ4n) is 4.35. The van der Waals surface area contributed by atoms with E-state index in [0.717, 1.165) is 45.5 Å². The molecule has 0 aromatic rings. The summed E-state index contributed by atoms with van der Waals surface area (Å²) in [5, 5.41) is 7.12. The van der Waals surface area contributed by atoms with Crippen molar-refractivity contribution in [3.63, 3.8) is 0 Å². The highest BCUT2D eigenvalue weighted by Gasteiger charge is 2.46. The van der Waals surface area contributed by atoms with Gasteiger partial charge >= 0.3 is 12.1 Å². The predicted molar refractivity (Wildman–Crippen MR) is 96.2 cm³/mol. The van der Waals surface area contributed by atoms with E-state index < -0.39 is 12.1 Å². The van der Waals surface area contributed by atoms with Crippen molar-refractivity contribution < 1.29 is 37.3 Å². The van der Waals surface area contributed by atoms with E-state index in [1.165, 1.54) is 45.2 Å². The van der Waals surface area contributed by atoms with E-state index in [1.54, 1.807) is 0 Å². The van der Waals surface area contributed by atoms with Crippen LogP contribution in [0.5, 0.6) is 0 Å². The Morgan fingerprint density at radius 3 is 2.54 bits per heavy atom. The van der Waals surface area contributed by atoms with Crippen molar-refractivity contribution in [3.05, 3.63) is 0 Å². The maximum atomic E-state index is 10.6. The van der Waals surface area contributed by atoms with E-state index in [9.17, 15) is 13.2 Å². The number of piperidine rings is 1. The van der Waals surface area contributed by atoms with Crippen LogP contribution in [0.3, 0.4) is 0 Å². The molecular weight excluding hydrogens is 379 g/mol. The highest BCUT2D eigenvalue weighted by atomic mass is 19.4. The number of ether oxygens (including phenoxy) is 3. The standard InChI is InChI=1S/C17H31NO3.C2HF3O2/c1-2-19-14-17-7-3-9-21-16(17)4-8-18(13-17)12-15-5-10-20-11-6-15;3-2(4,5)1(6)7/h15-16H,2-14H2,1H3;(H,6,7). The monoisotopic (exact) mass is 411 g/mol. The number of alkyl halides is 3. The number of carboxylic acid groups (broad SMARTS) is 1. The highest BCUT2D eigenvalue weighted by Crippen LogP contribution is 2.40. The summed E-state index contributed by atoms with van der Waals surface area (Å²) >= 11 is 0. The molecule has 2 atom stereocenters. The minimum Gasteiger partial charge on any atom is -0.475 e. The van der Waals surface area contributed by atoms with Gasteiger partial charge in [-0.1, -0.05) is 0 Å². The number of rotatable bonds is 5. The van der Waals surface area contributed by atoms with Crippen molar-refractivity contribution in [3.8, 4) is 0 Å². The van der Waals surface area contributed by atoms with Crippen molar-refractivity contribution in [2.75, 3.05) is 52.7 Å². The predicted octanol–water partition coefficient (Wildman–Crippen LogP) is 2.95. The summed E-state index contributed by atoms with van der Waals surface area (Å²) in [4.78, 5) is 11.6. The molecule has 164 valence electrons. The number of hydrogen-bond donors (Lipinski definition) is 1. The maximum Gasteiger partial charge on any atom is 0.490 e. The largest absolute Gasteiger partial charge is 0.490 e. The van der Waals surface area contributed by atoms with Gasteiger partial charge in [0.1, 0.15) is 0 Å². The molecule has 3 aliphatic heterocycles. The molecule has 3 rings (SSSR count). The van der Waals surface area contributed by atoms with Crippen molar-refractivity contribution in [2.45, 2.75) is 51.3 Å². The molecule has 28 heavy (non-hydrogen) atoms. The molecule has 0 aliphatic carbocycles. The zero-order valence-corrected chi connectivity index (χ0v) is 16.5. The second kappa shape index (κ2) is 10.8. The zero-order valence-electron chi connectivity index (χ0n) is 16.5. The molecule has 2 unspecified atom stereocenters. The average Bonchev–Trinajstić information content (AvgIpc) is 2.67. The molecule has 0 radical (unpaired) electrons. The number of carboxylic acids is 1. The summed E-state index contributed by atoms with van der Waals surface area (Å²) in [6, 6.07) is 0. The molecule has 0 saturated carbocycles. The number of aliphatic carboxylic acids is 1. The maximum absolute atomic E-state index is 10.6. The van der Waals surface area contributed by atoms with Crippen molar-refractivity contribution >= 4 is 5.97 Å². The Bertz CT molecular complexity index is 485. The lowest BCUT2D eigenvalue weighted by molar-refractivity contribution is -0.192. The molecule has 3 fully saturated rings. The van der Waals surface area contributed by atoms with Gasteiger partial charge in [-0.3, -0.25) is 0 Å². The molecule has 3 aliphatic rings. The van der Waals surface area contributed by atoms with Crippen LogP contribution in [-0.2, 0) is 19.0 Å². The summed E-state index contributed by atoms with van der Waals surface area (Å²) in [6.45, 7) is 10.2. The van der Waals surface area contributed by atoms with Crippen LogP contribution in [0.1, 0.15) is 39.0 Å². The first-order valence-electron chi connectivity index (χ1n) is 10.1. The lowest BCUT2D eigenvalue weighted by Gasteiger charge is -2.51. The van der Waals surface area contributed by atoms with E-state index in [0.29, 0.717) is 6.10 Å². The molecule has 6 nitrogen and oxygen atoms in total. The first kappa shape index (κ1) is 23.4. The van der Waals surface area contributed by atoms with E-state index in [1.807, 2.05) is 0 Å². The Labute approximate surface area is 164 Å². The second-order valence-corrected chi connectivity index (χ2v) is 7.84. The number of likely N-dealkylation sites (tertiary alicyclic amines) is 1. The van der Waals surface area contributed by atoms with Gasteiger partial charge < -0.3 is 24.2 Å². The molecule has 0 bridgehead atoms. The Morgan fingerprint density at radius 1 is 1.25 bits per heavy atom. The van der Waals surface area contributed by atoms with Crippen molar-refractivity contribution in [2.24, 2.45) is 11.3 Å².